The molecule has 1 unspecified atom stereocenters. The van der Waals surface area contributed by atoms with Gasteiger partial charge in [-0.2, -0.15) is 0 Å². The molecule has 0 spiro atoms. The number of sulfonamides is 1. The van der Waals surface area contributed by atoms with E-state index >= 15 is 0 Å². The fourth-order valence-corrected chi connectivity index (χ4v) is 6.08. The third-order valence-corrected chi connectivity index (χ3v) is 9.12. The molecule has 3 aromatic rings. The molecule has 1 N–H and O–H groups in total. The number of para-hydroxylation sites is 1. The van der Waals surface area contributed by atoms with E-state index in [-0.39, 0.29) is 18.5 Å². The monoisotopic (exact) mass is 631 g/mol. The lowest BCUT2D eigenvalue weighted by Crippen LogP contribution is -2.52. The zero-order valence-electron chi connectivity index (χ0n) is 23.6. The number of rotatable bonds is 11. The van der Waals surface area contributed by atoms with Gasteiger partial charge in [-0.1, -0.05) is 66.7 Å². The van der Waals surface area contributed by atoms with Crippen LogP contribution >= 0.6 is 23.2 Å². The Morgan fingerprint density at radius 1 is 0.929 bits per heavy atom. The van der Waals surface area contributed by atoms with Gasteiger partial charge in [0.2, 0.25) is 21.8 Å². The molecule has 42 heavy (non-hydrogen) atoms. The number of carbonyl (C=O) groups excluding carboxylic acids is 2. The van der Waals surface area contributed by atoms with Gasteiger partial charge in [-0.15, -0.1) is 0 Å². The number of hydrogen-bond acceptors (Lipinski definition) is 5. The van der Waals surface area contributed by atoms with Crippen molar-refractivity contribution in [3.63, 3.8) is 0 Å². The van der Waals surface area contributed by atoms with Crippen molar-refractivity contribution in [3.05, 3.63) is 88.4 Å². The van der Waals surface area contributed by atoms with Gasteiger partial charge < -0.3 is 15.0 Å². The Kier molecular flexibility index (Phi) is 10.8. The summed E-state index contributed by atoms with van der Waals surface area (Å²) >= 11 is 12.3. The van der Waals surface area contributed by atoms with Crippen molar-refractivity contribution in [2.75, 3.05) is 17.1 Å². The maximum atomic E-state index is 13.8. The van der Waals surface area contributed by atoms with E-state index in [9.17, 15) is 18.0 Å². The highest BCUT2D eigenvalue weighted by Crippen LogP contribution is 2.27. The van der Waals surface area contributed by atoms with Crippen molar-refractivity contribution >= 4 is 50.7 Å². The number of halogens is 2. The van der Waals surface area contributed by atoms with Crippen LogP contribution in [0.3, 0.4) is 0 Å². The fraction of sp³-hybridized carbons (Fsp3) is 0.355. The second-order valence-corrected chi connectivity index (χ2v) is 13.2. The van der Waals surface area contributed by atoms with Crippen LogP contribution in [-0.2, 0) is 26.2 Å². The summed E-state index contributed by atoms with van der Waals surface area (Å²) in [6, 6.07) is 19.8. The number of carbonyl (C=O) groups is 2. The van der Waals surface area contributed by atoms with Gasteiger partial charge in [0.05, 0.1) is 22.0 Å². The molecule has 0 aliphatic heterocycles. The standard InChI is InChI=1S/C31H35Cl2N3O5S/c1-22(31(38)34-24-9-5-3-6-10-24)35(20-23-13-18-28(32)29(33)19-23)30(37)21-36(42(2,39)40)25-14-16-27(17-15-25)41-26-11-7-4-8-12-26/h4,7-8,11-19,22,24H,3,5-6,9-10,20-21H2,1-2H3,(H,34,38). The number of benzene rings is 3. The molecule has 0 bridgehead atoms. The molecule has 1 saturated carbocycles. The van der Waals surface area contributed by atoms with Crippen LogP contribution in [0.1, 0.15) is 44.6 Å². The molecular formula is C31H35Cl2N3O5S. The lowest BCUT2D eigenvalue weighted by atomic mass is 9.95. The summed E-state index contributed by atoms with van der Waals surface area (Å²) in [6.07, 6.45) is 6.06. The summed E-state index contributed by atoms with van der Waals surface area (Å²) in [6.45, 7) is 1.19. The maximum absolute atomic E-state index is 13.8. The molecule has 1 atom stereocenters. The first kappa shape index (κ1) is 31.7. The van der Waals surface area contributed by atoms with Crippen molar-refractivity contribution in [1.82, 2.24) is 10.2 Å². The minimum Gasteiger partial charge on any atom is -0.457 e. The molecule has 224 valence electrons. The van der Waals surface area contributed by atoms with E-state index in [1.807, 2.05) is 30.3 Å². The molecule has 1 fully saturated rings. The van der Waals surface area contributed by atoms with Crippen LogP contribution in [-0.4, -0.2) is 50.0 Å². The van der Waals surface area contributed by atoms with Gasteiger partial charge in [0.15, 0.2) is 0 Å². The molecule has 0 aromatic heterocycles. The summed E-state index contributed by atoms with van der Waals surface area (Å²) < 4.78 is 32.6. The first-order valence-corrected chi connectivity index (χ1v) is 16.5. The van der Waals surface area contributed by atoms with Crippen molar-refractivity contribution in [1.29, 1.82) is 0 Å². The van der Waals surface area contributed by atoms with Crippen LogP contribution in [0.15, 0.2) is 72.8 Å². The van der Waals surface area contributed by atoms with E-state index in [0.29, 0.717) is 32.8 Å². The summed E-state index contributed by atoms with van der Waals surface area (Å²) in [5.41, 5.74) is 0.948. The van der Waals surface area contributed by atoms with E-state index in [1.165, 1.54) is 4.90 Å². The second kappa shape index (κ2) is 14.3. The smallest absolute Gasteiger partial charge is 0.244 e. The van der Waals surface area contributed by atoms with Crippen LogP contribution in [0, 0.1) is 0 Å². The minimum absolute atomic E-state index is 0.0381. The van der Waals surface area contributed by atoms with Gasteiger partial charge in [0.1, 0.15) is 24.1 Å². The third kappa shape index (κ3) is 8.63. The van der Waals surface area contributed by atoms with Gasteiger partial charge in [0.25, 0.3) is 0 Å². The SMILES string of the molecule is CC(C(=O)NC1CCCCC1)N(Cc1ccc(Cl)c(Cl)c1)C(=O)CN(c1ccc(Oc2ccccc2)cc1)S(C)(=O)=O. The molecule has 4 rings (SSSR count). The molecular weight excluding hydrogens is 597 g/mol. The zero-order valence-corrected chi connectivity index (χ0v) is 26.0. The van der Waals surface area contributed by atoms with Gasteiger partial charge in [-0.25, -0.2) is 8.42 Å². The van der Waals surface area contributed by atoms with Crippen LogP contribution in [0.25, 0.3) is 0 Å². The normalized spacial score (nSPS) is 14.6. The Balaban J connectivity index is 1.56. The van der Waals surface area contributed by atoms with Crippen LogP contribution < -0.4 is 14.4 Å². The molecule has 8 nitrogen and oxygen atoms in total. The maximum Gasteiger partial charge on any atom is 0.244 e. The number of anilines is 1. The van der Waals surface area contributed by atoms with Crippen molar-refractivity contribution in [2.45, 2.75) is 57.7 Å². The number of ether oxygens (including phenoxy) is 1. The Morgan fingerprint density at radius 2 is 1.57 bits per heavy atom. The first-order valence-electron chi connectivity index (χ1n) is 13.9. The largest absolute Gasteiger partial charge is 0.457 e. The molecule has 3 aromatic carbocycles. The van der Waals surface area contributed by atoms with E-state index in [1.54, 1.807) is 49.4 Å². The highest BCUT2D eigenvalue weighted by molar-refractivity contribution is 7.92. The van der Waals surface area contributed by atoms with Crippen molar-refractivity contribution in [2.24, 2.45) is 0 Å². The van der Waals surface area contributed by atoms with E-state index in [2.05, 4.69) is 5.32 Å². The molecule has 0 radical (unpaired) electrons. The average Bonchev–Trinajstić information content (AvgIpc) is 2.97. The van der Waals surface area contributed by atoms with E-state index in [0.717, 1.165) is 42.7 Å². The van der Waals surface area contributed by atoms with Crippen LogP contribution in [0.2, 0.25) is 10.0 Å². The Hall–Kier alpha value is -3.27. The first-order chi connectivity index (χ1) is 20.0. The number of nitrogens with one attached hydrogen (secondary N) is 1. The highest BCUT2D eigenvalue weighted by Gasteiger charge is 2.31. The van der Waals surface area contributed by atoms with Crippen LogP contribution in [0.4, 0.5) is 5.69 Å². The minimum atomic E-state index is -3.87. The number of amides is 2. The van der Waals surface area contributed by atoms with Gasteiger partial charge >= 0.3 is 0 Å². The predicted molar refractivity (Wildman–Crippen MR) is 167 cm³/mol. The Bertz CT molecular complexity index is 1480. The second-order valence-electron chi connectivity index (χ2n) is 10.5. The summed E-state index contributed by atoms with van der Waals surface area (Å²) in [4.78, 5) is 28.5. The predicted octanol–water partition coefficient (Wildman–Crippen LogP) is 6.42. The van der Waals surface area contributed by atoms with Crippen LogP contribution in [0.5, 0.6) is 11.5 Å². The Labute approximate surface area is 257 Å². The number of hydrogen-bond donors (Lipinski definition) is 1. The van der Waals surface area contributed by atoms with E-state index in [4.69, 9.17) is 27.9 Å². The van der Waals surface area contributed by atoms with Crippen molar-refractivity contribution in [3.8, 4) is 11.5 Å². The Morgan fingerprint density at radius 3 is 2.19 bits per heavy atom. The molecule has 1 aliphatic rings. The summed E-state index contributed by atoms with van der Waals surface area (Å²) in [5.74, 6) is 0.323. The van der Waals surface area contributed by atoms with E-state index < -0.39 is 28.5 Å². The molecule has 0 saturated heterocycles. The lowest BCUT2D eigenvalue weighted by molar-refractivity contribution is -0.139. The third-order valence-electron chi connectivity index (χ3n) is 7.24. The van der Waals surface area contributed by atoms with Gasteiger partial charge in [0, 0.05) is 12.6 Å². The molecule has 2 amide bonds. The summed E-state index contributed by atoms with van der Waals surface area (Å²) in [7, 11) is -3.87. The molecule has 0 heterocycles. The fourth-order valence-electron chi connectivity index (χ4n) is 4.90. The zero-order chi connectivity index (χ0) is 30.3. The molecule has 1 aliphatic carbocycles. The summed E-state index contributed by atoms with van der Waals surface area (Å²) in [5, 5.41) is 3.76. The lowest BCUT2D eigenvalue weighted by Gasteiger charge is -2.33. The average molecular weight is 633 g/mol. The quantitative estimate of drug-likeness (QED) is 0.263. The number of nitrogens with zero attached hydrogens (tertiary/aromatic N) is 2. The van der Waals surface area contributed by atoms with Crippen molar-refractivity contribution < 1.29 is 22.7 Å². The molecule has 11 heteroatoms. The topological polar surface area (TPSA) is 96.0 Å². The van der Waals surface area contributed by atoms with Gasteiger partial charge in [-0.3, -0.25) is 13.9 Å². The highest BCUT2D eigenvalue weighted by atomic mass is 35.5. The van der Waals surface area contributed by atoms with Gasteiger partial charge in [-0.05, 0) is 73.9 Å².